The molecule has 0 aliphatic carbocycles. The molecule has 0 aromatic carbocycles. The van der Waals surface area contributed by atoms with E-state index in [1.807, 2.05) is 0 Å². The van der Waals surface area contributed by atoms with Gasteiger partial charge in [-0.2, -0.15) is 9.29 Å². The van der Waals surface area contributed by atoms with Gasteiger partial charge in [-0.05, 0) is 42.2 Å². The highest BCUT2D eigenvalue weighted by Crippen LogP contribution is 2.39. The van der Waals surface area contributed by atoms with E-state index in [-0.39, 0.29) is 27.8 Å². The number of piperidine rings is 1. The first kappa shape index (κ1) is 15.7. The predicted octanol–water partition coefficient (Wildman–Crippen LogP) is 1.28. The molecular weight excluding hydrogens is 385 g/mol. The van der Waals surface area contributed by atoms with Crippen LogP contribution in [-0.4, -0.2) is 64.0 Å². The summed E-state index contributed by atoms with van der Waals surface area (Å²) < 4.78 is 40.0. The zero-order valence-electron chi connectivity index (χ0n) is 11.4. The van der Waals surface area contributed by atoms with Crippen molar-refractivity contribution in [3.05, 3.63) is 4.73 Å². The molecule has 2 aliphatic rings. The van der Waals surface area contributed by atoms with Crippen molar-refractivity contribution in [2.75, 3.05) is 26.7 Å². The summed E-state index contributed by atoms with van der Waals surface area (Å²) in [6.45, 7) is 1.91. The van der Waals surface area contributed by atoms with Crippen molar-refractivity contribution in [3.8, 4) is 0 Å². The molecule has 0 atom stereocenters. The summed E-state index contributed by atoms with van der Waals surface area (Å²) in [5.41, 5.74) is 0.148. The molecule has 0 unspecified atom stereocenters. The van der Waals surface area contributed by atoms with Crippen LogP contribution in [0.25, 0.3) is 0 Å². The van der Waals surface area contributed by atoms with Crippen molar-refractivity contribution in [1.29, 1.82) is 0 Å². The van der Waals surface area contributed by atoms with Crippen LogP contribution in [0.15, 0.2) is 9.89 Å². The van der Waals surface area contributed by atoms with Crippen molar-refractivity contribution in [3.63, 3.8) is 0 Å². The number of hydrogen-bond donors (Lipinski definition) is 0. The Labute approximate surface area is 135 Å². The number of likely N-dealkylation sites (tertiary alicyclic amines) is 1. The first-order chi connectivity index (χ1) is 9.89. The lowest BCUT2D eigenvalue weighted by atomic mass is 9.77. The maximum Gasteiger partial charge on any atom is 0.279 e. The Bertz CT molecular complexity index is 644. The summed E-state index contributed by atoms with van der Waals surface area (Å²) in [6, 6.07) is 0. The average molecular weight is 400 g/mol. The number of aromatic nitrogens is 3. The fraction of sp³-hybridized carbons (Fsp3) is 0.800. The highest BCUT2D eigenvalue weighted by molar-refractivity contribution is 9.10. The van der Waals surface area contributed by atoms with Gasteiger partial charge in [0.1, 0.15) is 0 Å². The van der Waals surface area contributed by atoms with Crippen molar-refractivity contribution >= 4 is 38.3 Å². The smallest absolute Gasteiger partial charge is 0.279 e. The molecule has 2 aliphatic heterocycles. The fourth-order valence-corrected chi connectivity index (χ4v) is 5.46. The third-order valence-electron chi connectivity index (χ3n) is 4.54. The van der Waals surface area contributed by atoms with E-state index in [1.54, 1.807) is 0 Å². The largest absolute Gasteiger partial charge is 0.300 e. The van der Waals surface area contributed by atoms with Gasteiger partial charge in [-0.15, -0.1) is 13.1 Å². The Kier molecular flexibility index (Phi) is 4.06. The second-order valence-corrected chi connectivity index (χ2v) is 8.43. The molecule has 118 valence electrons. The second-order valence-electron chi connectivity index (χ2n) is 5.41. The van der Waals surface area contributed by atoms with E-state index in [0.717, 1.165) is 25.8 Å². The molecule has 1 spiro atoms. The third-order valence-corrected chi connectivity index (χ3v) is 7.14. The molecule has 0 saturated carbocycles. The van der Waals surface area contributed by atoms with Crippen LogP contribution in [0.2, 0.25) is 0 Å². The molecule has 3 rings (SSSR count). The van der Waals surface area contributed by atoms with Crippen molar-refractivity contribution in [2.24, 2.45) is 0 Å². The molecule has 1 aromatic rings. The molecule has 2 saturated heterocycles. The Morgan fingerprint density at radius 3 is 2.38 bits per heavy atom. The average Bonchev–Trinajstić information content (AvgIpc) is 2.87. The quantitative estimate of drug-likeness (QED) is 0.762. The number of nitrogens with zero attached hydrogens (tertiary/aromatic N) is 5. The molecule has 3 heterocycles. The topological polar surface area (TPSA) is 71.3 Å². The highest BCUT2D eigenvalue weighted by atomic mass is 79.9. The zero-order valence-corrected chi connectivity index (χ0v) is 14.6. The van der Waals surface area contributed by atoms with E-state index in [0.29, 0.717) is 17.2 Å². The van der Waals surface area contributed by atoms with Gasteiger partial charge in [0.2, 0.25) is 4.73 Å². The zero-order chi connectivity index (χ0) is 15.3. The molecule has 0 N–H and O–H groups in total. The molecule has 11 heteroatoms. The summed E-state index contributed by atoms with van der Waals surface area (Å²) in [4.78, 5) is 6.07. The van der Waals surface area contributed by atoms with E-state index in [1.165, 1.54) is 4.31 Å². The summed E-state index contributed by atoms with van der Waals surface area (Å²) in [6.07, 6.45) is 2.70. The molecule has 0 bridgehead atoms. The fourth-order valence-electron chi connectivity index (χ4n) is 3.00. The molecule has 7 nitrogen and oxygen atoms in total. The molecule has 2 fully saturated rings. The Morgan fingerprint density at radius 1 is 1.29 bits per heavy atom. The van der Waals surface area contributed by atoms with E-state index in [4.69, 9.17) is 0 Å². The van der Waals surface area contributed by atoms with E-state index in [2.05, 4.69) is 38.0 Å². The summed E-state index contributed by atoms with van der Waals surface area (Å²) in [5.74, 6) is 0. The van der Waals surface area contributed by atoms with Crippen molar-refractivity contribution in [2.45, 2.75) is 30.0 Å². The third kappa shape index (κ3) is 2.52. The van der Waals surface area contributed by atoms with E-state index < -0.39 is 10.0 Å². The Balaban J connectivity index is 1.80. The van der Waals surface area contributed by atoms with Gasteiger partial charge in [0.05, 0.1) is 0 Å². The van der Waals surface area contributed by atoms with Crippen LogP contribution in [0.3, 0.4) is 0 Å². The number of halogens is 2. The molecule has 0 amide bonds. The van der Waals surface area contributed by atoms with Crippen LogP contribution in [0, 0.1) is 0 Å². The minimum Gasteiger partial charge on any atom is -0.300 e. The number of sulfonamides is 1. The van der Waals surface area contributed by atoms with Gasteiger partial charge in [-0.3, -0.25) is 0 Å². The van der Waals surface area contributed by atoms with Crippen LogP contribution < -0.4 is 0 Å². The van der Waals surface area contributed by atoms with Gasteiger partial charge < -0.3 is 4.90 Å². The lowest BCUT2D eigenvalue weighted by Gasteiger charge is -2.54. The van der Waals surface area contributed by atoms with Gasteiger partial charge in [-0.25, -0.2) is 8.42 Å². The van der Waals surface area contributed by atoms with Crippen LogP contribution in [0.4, 0.5) is 3.89 Å². The minimum absolute atomic E-state index is 0.0541. The van der Waals surface area contributed by atoms with Gasteiger partial charge >= 0.3 is 0 Å². The number of rotatable bonds is 3. The van der Waals surface area contributed by atoms with Crippen LogP contribution in [0.5, 0.6) is 0 Å². The van der Waals surface area contributed by atoms with Gasteiger partial charge in [-0.1, -0.05) is 0 Å². The summed E-state index contributed by atoms with van der Waals surface area (Å²) >= 11 is 2.70. The van der Waals surface area contributed by atoms with Crippen LogP contribution in [0.1, 0.15) is 19.3 Å². The van der Waals surface area contributed by atoms with Crippen molar-refractivity contribution in [1.82, 2.24) is 23.4 Å². The first-order valence-electron chi connectivity index (χ1n) is 6.52. The van der Waals surface area contributed by atoms with Gasteiger partial charge in [0, 0.05) is 25.2 Å². The molecular formula is C10H15BrFN5O2S2. The molecule has 1 aromatic heterocycles. The Hall–Kier alpha value is -0.230. The van der Waals surface area contributed by atoms with Crippen molar-refractivity contribution < 1.29 is 12.3 Å². The van der Waals surface area contributed by atoms with Gasteiger partial charge in [0.15, 0.2) is 12.3 Å². The van der Waals surface area contributed by atoms with Gasteiger partial charge in [0.25, 0.3) is 15.2 Å². The number of hydrogen-bond acceptors (Lipinski definition) is 6. The standard InChI is InChI=1S/C10H15BrFN5O2S2/c1-15-5-2-10(15)3-6-16(7-4-10)21(18,19)9-13-8(11)14-17(9)20-12/h2-7H2,1H3. The maximum atomic E-state index is 12.8. The Morgan fingerprint density at radius 2 is 1.90 bits per heavy atom. The molecule has 0 radical (unpaired) electrons. The summed E-state index contributed by atoms with van der Waals surface area (Å²) in [5, 5.41) is 3.28. The van der Waals surface area contributed by atoms with Crippen LogP contribution in [-0.2, 0) is 10.0 Å². The first-order valence-corrected chi connectivity index (χ1v) is 9.43. The highest BCUT2D eigenvalue weighted by Gasteiger charge is 2.46. The minimum atomic E-state index is -3.82. The lowest BCUT2D eigenvalue weighted by molar-refractivity contribution is -0.0264. The van der Waals surface area contributed by atoms with E-state index >= 15 is 0 Å². The van der Waals surface area contributed by atoms with E-state index in [9.17, 15) is 12.3 Å². The lowest BCUT2D eigenvalue weighted by Crippen LogP contribution is -2.62. The second kappa shape index (κ2) is 5.44. The SMILES string of the molecule is CN1CCC12CCN(S(=O)(=O)c1nc(Br)nn1SF)CC2. The molecule has 21 heavy (non-hydrogen) atoms. The maximum absolute atomic E-state index is 12.8. The normalized spacial score (nSPS) is 23.4. The predicted molar refractivity (Wildman–Crippen MR) is 79.8 cm³/mol. The van der Waals surface area contributed by atoms with Crippen LogP contribution >= 0.6 is 28.3 Å². The summed E-state index contributed by atoms with van der Waals surface area (Å²) in [7, 11) is -1.75. The monoisotopic (exact) mass is 399 g/mol.